The molecule has 0 bridgehead atoms. The molecule has 1 heterocycles. The molecule has 9 heteroatoms. The van der Waals surface area contributed by atoms with E-state index in [0.717, 1.165) is 11.1 Å². The van der Waals surface area contributed by atoms with Crippen LogP contribution in [0.3, 0.4) is 0 Å². The van der Waals surface area contributed by atoms with Crippen molar-refractivity contribution in [3.8, 4) is 0 Å². The van der Waals surface area contributed by atoms with Gasteiger partial charge in [-0.05, 0) is 25.0 Å². The smallest absolute Gasteiger partial charge is 0.393 e. The molecule has 0 saturated carbocycles. The number of benzene rings is 1. The number of amides is 1. The van der Waals surface area contributed by atoms with Crippen LogP contribution in [-0.2, 0) is 16.1 Å². The van der Waals surface area contributed by atoms with Crippen LogP contribution in [0.15, 0.2) is 24.3 Å². The normalized spacial score (nSPS) is 21.7. The lowest BCUT2D eigenvalue weighted by Crippen LogP contribution is -2.44. The zero-order valence-electron chi connectivity index (χ0n) is 14.4. The fourth-order valence-electron chi connectivity index (χ4n) is 3.04. The van der Waals surface area contributed by atoms with E-state index < -0.39 is 42.5 Å². The van der Waals surface area contributed by atoms with Crippen molar-refractivity contribution in [2.24, 2.45) is 11.8 Å². The number of halogens is 4. The summed E-state index contributed by atoms with van der Waals surface area (Å²) >= 11 is 0. The number of nitrogens with zero attached hydrogens (tertiary/aromatic N) is 1. The van der Waals surface area contributed by atoms with Gasteiger partial charge in [0.2, 0.25) is 5.91 Å². The highest BCUT2D eigenvalue weighted by Gasteiger charge is 2.53. The molecule has 3 atom stereocenters. The van der Waals surface area contributed by atoms with Crippen LogP contribution >= 0.6 is 12.4 Å². The first-order chi connectivity index (χ1) is 11.6. The quantitative estimate of drug-likeness (QED) is 0.805. The molecule has 26 heavy (non-hydrogen) atoms. The van der Waals surface area contributed by atoms with E-state index in [1.54, 1.807) is 0 Å². The van der Waals surface area contributed by atoms with Gasteiger partial charge >= 0.3 is 12.1 Å². The Morgan fingerprint density at radius 3 is 2.42 bits per heavy atom. The van der Waals surface area contributed by atoms with Gasteiger partial charge in [-0.2, -0.15) is 13.2 Å². The summed E-state index contributed by atoms with van der Waals surface area (Å²) in [5.74, 6) is -5.42. The molecule has 0 aliphatic carbocycles. The Balaban J connectivity index is 0.00000338. The fraction of sp³-hybridized carbons (Fsp3) is 0.529. The number of carbonyl (C=O) groups excluding carboxylic acids is 1. The molecule has 2 N–H and O–H groups in total. The number of likely N-dealkylation sites (tertiary alicyclic amines) is 1. The second kappa shape index (κ2) is 8.73. The summed E-state index contributed by atoms with van der Waals surface area (Å²) in [6, 6.07) is 6.63. The van der Waals surface area contributed by atoms with Gasteiger partial charge in [0.15, 0.2) is 0 Å². The number of hydrogen-bond donors (Lipinski definition) is 2. The summed E-state index contributed by atoms with van der Waals surface area (Å²) in [5, 5.41) is 11.7. The number of rotatable bonds is 5. The van der Waals surface area contributed by atoms with Gasteiger partial charge in [0, 0.05) is 19.6 Å². The molecular formula is C17H22ClF3N2O3. The van der Waals surface area contributed by atoms with Crippen LogP contribution in [-0.4, -0.2) is 47.2 Å². The summed E-state index contributed by atoms with van der Waals surface area (Å²) in [6.45, 7) is 2.88. The maximum Gasteiger partial charge on any atom is 0.393 e. The largest absolute Gasteiger partial charge is 0.481 e. The number of carboxylic acid groups (broad SMARTS) is 1. The summed E-state index contributed by atoms with van der Waals surface area (Å²) in [7, 11) is 0. The number of carboxylic acids is 1. The van der Waals surface area contributed by atoms with E-state index in [4.69, 9.17) is 5.11 Å². The molecule has 1 aromatic rings. The second-order valence-corrected chi connectivity index (χ2v) is 6.37. The number of nitrogens with one attached hydrogen (secondary N) is 1. The predicted octanol–water partition coefficient (Wildman–Crippen LogP) is 2.62. The zero-order chi connectivity index (χ0) is 18.8. The molecule has 1 amide bonds. The van der Waals surface area contributed by atoms with Crippen molar-refractivity contribution in [1.82, 2.24) is 10.2 Å². The molecule has 1 fully saturated rings. The molecule has 1 aliphatic rings. The zero-order valence-corrected chi connectivity index (χ0v) is 15.2. The van der Waals surface area contributed by atoms with Crippen LogP contribution < -0.4 is 5.32 Å². The molecule has 1 aromatic carbocycles. The van der Waals surface area contributed by atoms with Crippen molar-refractivity contribution in [2.45, 2.75) is 32.6 Å². The second-order valence-electron chi connectivity index (χ2n) is 6.37. The van der Waals surface area contributed by atoms with Crippen LogP contribution in [0.2, 0.25) is 0 Å². The molecule has 1 unspecified atom stereocenters. The van der Waals surface area contributed by atoms with Gasteiger partial charge in [0.1, 0.15) is 0 Å². The van der Waals surface area contributed by atoms with E-state index in [9.17, 15) is 22.8 Å². The van der Waals surface area contributed by atoms with E-state index >= 15 is 0 Å². The maximum atomic E-state index is 13.0. The fourth-order valence-corrected chi connectivity index (χ4v) is 3.04. The van der Waals surface area contributed by atoms with Gasteiger partial charge in [0.05, 0.1) is 17.9 Å². The summed E-state index contributed by atoms with van der Waals surface area (Å²) in [4.78, 5) is 24.7. The molecule has 0 aromatic heterocycles. The Morgan fingerprint density at radius 1 is 1.31 bits per heavy atom. The van der Waals surface area contributed by atoms with Crippen molar-refractivity contribution in [2.75, 3.05) is 13.1 Å². The average molecular weight is 395 g/mol. The highest BCUT2D eigenvalue weighted by atomic mass is 35.5. The Labute approximate surface area is 156 Å². The number of alkyl halides is 3. The molecule has 1 aliphatic heterocycles. The first kappa shape index (κ1) is 22.2. The average Bonchev–Trinajstić information content (AvgIpc) is 2.99. The third-order valence-electron chi connectivity index (χ3n) is 4.73. The third-order valence-corrected chi connectivity index (χ3v) is 4.73. The monoisotopic (exact) mass is 394 g/mol. The third kappa shape index (κ3) is 5.11. The van der Waals surface area contributed by atoms with E-state index in [-0.39, 0.29) is 25.5 Å². The van der Waals surface area contributed by atoms with E-state index in [0.29, 0.717) is 0 Å². The summed E-state index contributed by atoms with van der Waals surface area (Å²) in [6.07, 6.45) is -4.60. The van der Waals surface area contributed by atoms with Crippen LogP contribution in [0.4, 0.5) is 13.2 Å². The summed E-state index contributed by atoms with van der Waals surface area (Å²) < 4.78 is 39.1. The molecule has 1 saturated heterocycles. The molecule has 0 spiro atoms. The first-order valence-corrected chi connectivity index (χ1v) is 7.97. The topological polar surface area (TPSA) is 69.6 Å². The van der Waals surface area contributed by atoms with Gasteiger partial charge < -0.3 is 10.4 Å². The lowest BCUT2D eigenvalue weighted by Gasteiger charge is -2.24. The van der Waals surface area contributed by atoms with Crippen molar-refractivity contribution < 1.29 is 27.9 Å². The lowest BCUT2D eigenvalue weighted by molar-refractivity contribution is -0.188. The number of aryl methyl sites for hydroxylation is 1. The lowest BCUT2D eigenvalue weighted by atomic mass is 9.96. The van der Waals surface area contributed by atoms with Gasteiger partial charge in [-0.15, -0.1) is 12.4 Å². The Hall–Kier alpha value is -1.80. The van der Waals surface area contributed by atoms with Gasteiger partial charge in [-0.1, -0.05) is 24.3 Å². The highest BCUT2D eigenvalue weighted by molar-refractivity contribution is 5.85. The summed E-state index contributed by atoms with van der Waals surface area (Å²) in [5.41, 5.74) is 1.92. The Kier molecular flexibility index (Phi) is 7.46. The van der Waals surface area contributed by atoms with Gasteiger partial charge in [-0.25, -0.2) is 0 Å². The Bertz CT molecular complexity index is 654. The number of aliphatic carboxylic acids is 1. The van der Waals surface area contributed by atoms with Crippen LogP contribution in [0.5, 0.6) is 0 Å². The van der Waals surface area contributed by atoms with Crippen LogP contribution in [0.1, 0.15) is 18.1 Å². The van der Waals surface area contributed by atoms with E-state index in [2.05, 4.69) is 5.32 Å². The molecular weight excluding hydrogens is 373 g/mol. The predicted molar refractivity (Wildman–Crippen MR) is 92.0 cm³/mol. The molecule has 5 nitrogen and oxygen atoms in total. The SMILES string of the molecule is Cc1ccccc1CNC(=O)C(C)N1C[C@@H](C(F)(F)F)[C@H](C(=O)O)C1.Cl. The minimum Gasteiger partial charge on any atom is -0.481 e. The van der Waals surface area contributed by atoms with Crippen molar-refractivity contribution in [3.63, 3.8) is 0 Å². The molecule has 2 rings (SSSR count). The molecule has 146 valence electrons. The van der Waals surface area contributed by atoms with Crippen LogP contribution in [0.25, 0.3) is 0 Å². The van der Waals surface area contributed by atoms with E-state index in [1.165, 1.54) is 11.8 Å². The molecule has 0 radical (unpaired) electrons. The van der Waals surface area contributed by atoms with Gasteiger partial charge in [0.25, 0.3) is 0 Å². The Morgan fingerprint density at radius 2 is 1.92 bits per heavy atom. The van der Waals surface area contributed by atoms with Crippen molar-refractivity contribution >= 4 is 24.3 Å². The van der Waals surface area contributed by atoms with Gasteiger partial charge in [-0.3, -0.25) is 14.5 Å². The minimum absolute atomic E-state index is 0. The minimum atomic E-state index is -4.60. The highest BCUT2D eigenvalue weighted by Crippen LogP contribution is 2.38. The number of hydrogen-bond acceptors (Lipinski definition) is 3. The van der Waals surface area contributed by atoms with Crippen molar-refractivity contribution in [3.05, 3.63) is 35.4 Å². The maximum absolute atomic E-state index is 13.0. The van der Waals surface area contributed by atoms with E-state index in [1.807, 2.05) is 31.2 Å². The first-order valence-electron chi connectivity index (χ1n) is 7.97. The van der Waals surface area contributed by atoms with Crippen molar-refractivity contribution in [1.29, 1.82) is 0 Å². The number of carbonyl (C=O) groups is 2. The standard InChI is InChI=1S/C17H21F3N2O3.ClH/c1-10-5-3-4-6-12(10)7-21-15(23)11(2)22-8-13(16(24)25)14(9-22)17(18,19)20;/h3-6,11,13-14H,7-9H2,1-2H3,(H,21,23)(H,24,25);1H/t11?,13-,14-;/m1./s1. The van der Waals surface area contributed by atoms with Crippen LogP contribution in [0, 0.1) is 18.8 Å².